The molecule has 4 aromatic rings. The molecule has 0 N–H and O–H groups in total. The van der Waals surface area contributed by atoms with Crippen LogP contribution in [0.15, 0.2) is 48.5 Å². The molecule has 0 fully saturated rings. The van der Waals surface area contributed by atoms with Gasteiger partial charge in [0, 0.05) is 0 Å². The van der Waals surface area contributed by atoms with E-state index in [1.807, 2.05) is 0 Å². The molecule has 0 unspecified atom stereocenters. The number of hydrogen-bond acceptors (Lipinski definition) is 12. The maximum Gasteiger partial charge on any atom is 0.338 e. The number of aromatic nitrogens is 4. The van der Waals surface area contributed by atoms with Crippen molar-refractivity contribution in [2.45, 2.75) is 182 Å². The number of carbonyl (C=O) groups excluding carboxylic acids is 4. The first-order chi connectivity index (χ1) is 43.2. The summed E-state index contributed by atoms with van der Waals surface area (Å²) in [5, 5.41) is 0. The second kappa shape index (κ2) is 42.8. The molecule has 4 aromatic heterocycles. The highest BCUT2D eigenvalue weighted by molar-refractivity contribution is 5.92. The van der Waals surface area contributed by atoms with Crippen molar-refractivity contribution in [3.63, 3.8) is 0 Å². The Morgan fingerprint density at radius 2 is 0.409 bits per heavy atom. The third kappa shape index (κ3) is 28.8. The number of ether oxygens (including phenoxy) is 4. The predicted molar refractivity (Wildman–Crippen MR) is 342 cm³/mol. The molecule has 1 aliphatic rings. The van der Waals surface area contributed by atoms with E-state index in [-0.39, 0.29) is 94.2 Å². The normalized spacial score (nSPS) is 10.6. The van der Waals surface area contributed by atoms with Crippen LogP contribution in [0.5, 0.6) is 0 Å². The van der Waals surface area contributed by atoms with Crippen molar-refractivity contribution in [1.82, 2.24) is 19.9 Å². The third-order valence-electron chi connectivity index (χ3n) is 13.2. The number of fused-ring (bicyclic) bond motifs is 8. The Labute approximate surface area is 522 Å². The second-order valence-corrected chi connectivity index (χ2v) is 20.6. The Balaban J connectivity index is 1.57. The van der Waals surface area contributed by atoms with Crippen molar-refractivity contribution >= 4 is 23.9 Å². The molecule has 0 saturated carbocycles. The molecule has 88 heavy (non-hydrogen) atoms. The molecule has 0 radical (unpaired) electrons. The van der Waals surface area contributed by atoms with Gasteiger partial charge in [0.05, 0.1) is 48.7 Å². The van der Waals surface area contributed by atoms with Crippen molar-refractivity contribution in [1.29, 1.82) is 0 Å². The van der Waals surface area contributed by atoms with Gasteiger partial charge in [-0.05, 0) is 193 Å². The van der Waals surface area contributed by atoms with E-state index in [1.54, 1.807) is 0 Å². The van der Waals surface area contributed by atoms with Gasteiger partial charge in [-0.1, -0.05) is 156 Å². The van der Waals surface area contributed by atoms with Gasteiger partial charge in [0.2, 0.25) is 0 Å². The Morgan fingerprint density at radius 1 is 0.250 bits per heavy atom. The number of unbranched alkanes of at least 4 members (excludes halogenated alkanes) is 20. The fraction of sp³-hybridized carbons (Fsp3) is 0.421. The summed E-state index contributed by atoms with van der Waals surface area (Å²) in [5.41, 5.74) is 2.27. The summed E-state index contributed by atoms with van der Waals surface area (Å²) >= 11 is 0. The maximum atomic E-state index is 13.4. The lowest BCUT2D eigenvalue weighted by Gasteiger charge is -2.06. The molecule has 12 heteroatoms. The van der Waals surface area contributed by atoms with Crippen molar-refractivity contribution in [3.8, 4) is 118 Å². The lowest BCUT2D eigenvalue weighted by molar-refractivity contribution is 0.0488. The summed E-state index contributed by atoms with van der Waals surface area (Å²) in [7, 11) is 0. The quantitative estimate of drug-likeness (QED) is 0.0198. The Hall–Kier alpha value is -9.92. The number of pyridine rings is 4. The average Bonchev–Trinajstić information content (AvgIpc) is 2.95. The van der Waals surface area contributed by atoms with Crippen molar-refractivity contribution in [3.05, 3.63) is 116 Å². The van der Waals surface area contributed by atoms with Crippen LogP contribution in [0.25, 0.3) is 0 Å². The molecule has 0 atom stereocenters. The van der Waals surface area contributed by atoms with E-state index in [9.17, 15) is 19.2 Å². The number of rotatable bonds is 32. The summed E-state index contributed by atoms with van der Waals surface area (Å²) in [4.78, 5) is 71.7. The van der Waals surface area contributed by atoms with Crippen LogP contribution in [0.3, 0.4) is 0 Å². The van der Waals surface area contributed by atoms with E-state index in [0.717, 1.165) is 128 Å². The van der Waals surface area contributed by atoms with Crippen molar-refractivity contribution < 1.29 is 38.1 Å². The predicted octanol–water partition coefficient (Wildman–Crippen LogP) is 13.3. The van der Waals surface area contributed by atoms with E-state index >= 15 is 0 Å². The highest BCUT2D eigenvalue weighted by Crippen LogP contribution is 2.15. The smallest absolute Gasteiger partial charge is 0.338 e. The van der Waals surface area contributed by atoms with Crippen molar-refractivity contribution in [2.75, 3.05) is 26.4 Å². The van der Waals surface area contributed by atoms with Crippen LogP contribution < -0.4 is 0 Å². The molecule has 0 amide bonds. The van der Waals surface area contributed by atoms with Crippen LogP contribution in [0, 0.1) is 118 Å². The molecule has 12 nitrogen and oxygen atoms in total. The molecule has 448 valence electrons. The molecule has 0 aromatic carbocycles. The minimum Gasteiger partial charge on any atom is -0.462 e. The van der Waals surface area contributed by atoms with Crippen LogP contribution in [-0.2, 0) is 18.9 Å². The first kappa shape index (κ1) is 68.9. The number of nitrogens with zero attached hydrogens (tertiary/aromatic N) is 4. The molecular formula is C76H76N4O8. The topological polar surface area (TPSA) is 157 Å². The molecule has 0 saturated heterocycles. The fourth-order valence-corrected chi connectivity index (χ4v) is 8.52. The second-order valence-electron chi connectivity index (χ2n) is 20.6. The zero-order chi connectivity index (χ0) is 62.5. The Kier molecular flexibility index (Phi) is 33.5. The van der Waals surface area contributed by atoms with Crippen LogP contribution in [0.4, 0.5) is 0 Å². The molecular weight excluding hydrogens is 1100 g/mol. The highest BCUT2D eigenvalue weighted by atomic mass is 16.5. The molecule has 5 heterocycles. The van der Waals surface area contributed by atoms with E-state index in [4.69, 9.17) is 18.9 Å². The van der Waals surface area contributed by atoms with Gasteiger partial charge in [-0.2, -0.15) is 0 Å². The van der Waals surface area contributed by atoms with E-state index in [1.165, 1.54) is 74.2 Å². The standard InChI is InChI=1S/C76H76N4O8/c1-5-9-13-17-25-37-49-85-73(81)61-53-65-41-29-21-22-30-42-66-55-63(75(83)87-51-39-27-19-15-11-7-3)59-71(79-66)47-35-36-48-72-60-64(76(84)88-52-40-28-20-16-12-8-4)56-68(80-72)44-32-24-23-31-43-67-54-62(74(82)86-50-38-26-18-14-10-6-2)58-70(78-67)46-34-33-45-69(57-61)77-65/h53-60H,5-20,25-28,37-40,49-52H2,1-4H3. The molecule has 5 rings (SSSR count). The van der Waals surface area contributed by atoms with Gasteiger partial charge in [0.15, 0.2) is 0 Å². The zero-order valence-electron chi connectivity index (χ0n) is 51.5. The monoisotopic (exact) mass is 1170 g/mol. The molecule has 0 spiro atoms. The SMILES string of the molecule is CCCCCCCCOC(=O)c1cc2nc(c1)C#CC#Cc1cc(C(=O)OCCCCCCCC)cc(n1)C#CC#CC#Cc1cc(C(=O)OCCCCCCCC)cc(n1)C#CC#Cc1cc(C(=O)OCCCCCCCC)cc(n1)C#CC#CC#C2. The molecule has 1 aliphatic heterocycles. The number of carbonyl (C=O) groups is 4. The minimum absolute atomic E-state index is 0.186. The fourth-order valence-electron chi connectivity index (χ4n) is 8.52. The summed E-state index contributed by atoms with van der Waals surface area (Å²) in [6.07, 6.45) is 24.7. The zero-order valence-corrected chi connectivity index (χ0v) is 51.5. The van der Waals surface area contributed by atoms with Crippen LogP contribution in [0.2, 0.25) is 0 Å². The van der Waals surface area contributed by atoms with Crippen LogP contribution >= 0.6 is 0 Å². The largest absolute Gasteiger partial charge is 0.462 e. The van der Waals surface area contributed by atoms with Gasteiger partial charge < -0.3 is 18.9 Å². The summed E-state index contributed by atoms with van der Waals surface area (Å²) in [6.45, 7) is 9.67. The summed E-state index contributed by atoms with van der Waals surface area (Å²) in [5.74, 6) is 53.7. The number of esters is 4. The highest BCUT2D eigenvalue weighted by Gasteiger charge is 2.15. The van der Waals surface area contributed by atoms with Gasteiger partial charge in [0.25, 0.3) is 0 Å². The van der Waals surface area contributed by atoms with E-state index in [2.05, 4.69) is 166 Å². The summed E-state index contributed by atoms with van der Waals surface area (Å²) < 4.78 is 22.6. The lowest BCUT2D eigenvalue weighted by Crippen LogP contribution is -2.08. The molecule has 0 aliphatic carbocycles. The average molecular weight is 1170 g/mol. The number of hydrogen-bond donors (Lipinski definition) is 0. The van der Waals surface area contributed by atoms with Gasteiger partial charge in [-0.25, -0.2) is 39.1 Å². The molecule has 8 bridgehead atoms. The lowest BCUT2D eigenvalue weighted by atomic mass is 10.1. The minimum atomic E-state index is -0.557. The van der Waals surface area contributed by atoms with Crippen LogP contribution in [-0.4, -0.2) is 70.2 Å². The van der Waals surface area contributed by atoms with E-state index < -0.39 is 23.9 Å². The third-order valence-corrected chi connectivity index (χ3v) is 13.2. The summed E-state index contributed by atoms with van der Waals surface area (Å²) in [6, 6.07) is 12.0. The Morgan fingerprint density at radius 3 is 0.591 bits per heavy atom. The van der Waals surface area contributed by atoms with Gasteiger partial charge in [0.1, 0.15) is 45.6 Å². The first-order valence-electron chi connectivity index (χ1n) is 31.0. The van der Waals surface area contributed by atoms with Crippen LogP contribution in [0.1, 0.15) is 269 Å². The van der Waals surface area contributed by atoms with E-state index in [0.29, 0.717) is 0 Å². The van der Waals surface area contributed by atoms with Crippen molar-refractivity contribution in [2.24, 2.45) is 0 Å². The maximum absolute atomic E-state index is 13.4. The van der Waals surface area contributed by atoms with Gasteiger partial charge in [-0.3, -0.25) is 0 Å². The Bertz CT molecular complexity index is 3240. The van der Waals surface area contributed by atoms with Gasteiger partial charge in [-0.15, -0.1) is 0 Å². The van der Waals surface area contributed by atoms with Gasteiger partial charge >= 0.3 is 23.9 Å². The first-order valence-corrected chi connectivity index (χ1v) is 31.0.